The van der Waals surface area contributed by atoms with Crippen molar-refractivity contribution < 1.29 is 55.9 Å². The standard InChI is InChI=1S/3C12H27O3P.2ClH.Ru/c3*1-10(2)7-13-16(14-8-11(3)4)15-9-12(5)6;;;/h3*10-12H,7-9H2,1-6H3;2*1H;/q;;;;;+2/p-2. The van der Waals surface area contributed by atoms with Crippen LogP contribution in [0.3, 0.4) is 0 Å². The molecule has 0 radical (unpaired) electrons. The predicted octanol–water partition coefficient (Wildman–Crippen LogP) is 14.1. The minimum atomic E-state index is -1.16. The van der Waals surface area contributed by atoms with Crippen LogP contribution in [-0.4, -0.2) is 59.5 Å². The van der Waals surface area contributed by atoms with Gasteiger partial charge in [-0.15, -0.1) is 0 Å². The fourth-order valence-electron chi connectivity index (χ4n) is 2.22. The summed E-state index contributed by atoms with van der Waals surface area (Å²) in [6.07, 6.45) is 0. The number of halogens is 2. The van der Waals surface area contributed by atoms with E-state index in [0.717, 1.165) is 0 Å². The first-order valence-electron chi connectivity index (χ1n) is 18.6. The molecular formula is C36H81Cl2O9P3Ru. The van der Waals surface area contributed by atoms with Gasteiger partial charge >= 0.3 is 60.3 Å². The molecule has 0 unspecified atom stereocenters. The van der Waals surface area contributed by atoms with Gasteiger partial charge in [0, 0.05) is 0 Å². The Balaban J connectivity index is -0.000000312. The SMILES string of the molecule is CC(C)COP(OCC(C)C)OCC(C)C.CC(C)COP(OCC(C)C)OCC(C)C.CC(C)COP(OCC(C)C)OCC(C)C.[Cl][Ru][Cl]. The third kappa shape index (κ3) is 59.0. The van der Waals surface area contributed by atoms with Gasteiger partial charge in [0.1, 0.15) is 0 Å². The zero-order valence-corrected chi connectivity index (χ0v) is 41.6. The van der Waals surface area contributed by atoms with E-state index in [4.69, 9.17) is 60.1 Å². The van der Waals surface area contributed by atoms with Gasteiger partial charge in [0.25, 0.3) is 0 Å². The Hall–Kier alpha value is 2.13. The fraction of sp³-hybridized carbons (Fsp3) is 1.00. The van der Waals surface area contributed by atoms with Gasteiger partial charge in [0.2, 0.25) is 0 Å². The van der Waals surface area contributed by atoms with E-state index in [1.165, 1.54) is 0 Å². The molecule has 0 spiro atoms. The van der Waals surface area contributed by atoms with Crippen LogP contribution in [0, 0.1) is 53.3 Å². The molecule has 0 aliphatic rings. The molecule has 0 amide bonds. The van der Waals surface area contributed by atoms with E-state index >= 15 is 0 Å². The van der Waals surface area contributed by atoms with Crippen molar-refractivity contribution in [2.45, 2.75) is 125 Å². The molecule has 0 saturated heterocycles. The molecule has 0 aromatic rings. The molecule has 0 bridgehead atoms. The summed E-state index contributed by atoms with van der Waals surface area (Å²) < 4.78 is 50.6. The van der Waals surface area contributed by atoms with Gasteiger partial charge in [0.15, 0.2) is 0 Å². The summed E-state index contributed by atoms with van der Waals surface area (Å²) in [5.41, 5.74) is 0. The van der Waals surface area contributed by atoms with Gasteiger partial charge in [0.05, 0.1) is 59.5 Å². The predicted molar refractivity (Wildman–Crippen MR) is 220 cm³/mol. The molecule has 0 aromatic heterocycles. The monoisotopic (exact) mass is 922 g/mol. The Labute approximate surface area is 336 Å². The van der Waals surface area contributed by atoms with Crippen molar-refractivity contribution >= 4 is 45.2 Å². The fourth-order valence-corrected chi connectivity index (χ4v) is 6.67. The molecule has 0 heterocycles. The average Bonchev–Trinajstić information content (AvgIpc) is 3.00. The van der Waals surface area contributed by atoms with Crippen molar-refractivity contribution in [3.63, 3.8) is 0 Å². The average molecular weight is 923 g/mol. The Bertz CT molecular complexity index is 515. The van der Waals surface area contributed by atoms with Crippen molar-refractivity contribution in [1.82, 2.24) is 0 Å². The van der Waals surface area contributed by atoms with Crippen LogP contribution in [-0.2, 0) is 55.9 Å². The zero-order chi connectivity index (χ0) is 40.4. The Morgan fingerprint density at radius 1 is 0.275 bits per heavy atom. The molecule has 0 saturated carbocycles. The van der Waals surface area contributed by atoms with Crippen molar-refractivity contribution in [3.05, 3.63) is 0 Å². The first-order valence-corrected chi connectivity index (χ1v) is 26.3. The molecule has 0 aliphatic carbocycles. The summed E-state index contributed by atoms with van der Waals surface area (Å²) in [4.78, 5) is 0. The number of rotatable bonds is 27. The summed E-state index contributed by atoms with van der Waals surface area (Å²) in [6, 6.07) is 0. The summed E-state index contributed by atoms with van der Waals surface area (Å²) in [5.74, 6) is 4.59. The maximum atomic E-state index is 5.62. The van der Waals surface area contributed by atoms with E-state index in [9.17, 15) is 0 Å². The van der Waals surface area contributed by atoms with Gasteiger partial charge in [-0.2, -0.15) is 0 Å². The van der Waals surface area contributed by atoms with Crippen LogP contribution >= 0.6 is 45.2 Å². The van der Waals surface area contributed by atoms with E-state index in [-0.39, 0.29) is 15.1 Å². The topological polar surface area (TPSA) is 83.1 Å². The van der Waals surface area contributed by atoms with E-state index in [1.807, 2.05) is 0 Å². The minimum absolute atomic E-state index is 0.346. The van der Waals surface area contributed by atoms with Crippen LogP contribution in [0.1, 0.15) is 125 Å². The summed E-state index contributed by atoms with van der Waals surface area (Å²) in [6.45, 7) is 44.5. The third-order valence-corrected chi connectivity index (χ3v) is 7.86. The molecule has 0 fully saturated rings. The van der Waals surface area contributed by atoms with Crippen molar-refractivity contribution in [2.75, 3.05) is 59.5 Å². The molecule has 0 aromatic carbocycles. The van der Waals surface area contributed by atoms with Gasteiger partial charge in [-0.05, 0) is 53.3 Å². The van der Waals surface area contributed by atoms with E-state index in [2.05, 4.69) is 125 Å². The second-order valence-electron chi connectivity index (χ2n) is 15.9. The second-order valence-corrected chi connectivity index (χ2v) is 22.2. The van der Waals surface area contributed by atoms with Crippen molar-refractivity contribution in [1.29, 1.82) is 0 Å². The number of hydrogen-bond donors (Lipinski definition) is 0. The molecule has 51 heavy (non-hydrogen) atoms. The van der Waals surface area contributed by atoms with Crippen LogP contribution < -0.4 is 0 Å². The number of hydrogen-bond acceptors (Lipinski definition) is 9. The second kappa shape index (κ2) is 41.8. The molecular weight excluding hydrogens is 841 g/mol. The first-order chi connectivity index (χ1) is 23.7. The van der Waals surface area contributed by atoms with Gasteiger partial charge < -0.3 is 40.7 Å². The Morgan fingerprint density at radius 3 is 0.412 bits per heavy atom. The van der Waals surface area contributed by atoms with Crippen LogP contribution in [0.25, 0.3) is 0 Å². The normalized spacial score (nSPS) is 12.1. The zero-order valence-electron chi connectivity index (χ0n) is 35.7. The molecule has 15 heteroatoms. The van der Waals surface area contributed by atoms with E-state index in [1.54, 1.807) is 0 Å². The Kier molecular flexibility index (Phi) is 49.0. The van der Waals surface area contributed by atoms with Crippen molar-refractivity contribution in [2.24, 2.45) is 53.3 Å². The molecule has 0 aliphatic heterocycles. The van der Waals surface area contributed by atoms with E-state index < -0.39 is 25.8 Å². The van der Waals surface area contributed by atoms with Crippen LogP contribution in [0.15, 0.2) is 0 Å². The van der Waals surface area contributed by atoms with Gasteiger partial charge in [-0.1, -0.05) is 125 Å². The maximum absolute atomic E-state index is 5.62. The van der Waals surface area contributed by atoms with Crippen LogP contribution in [0.4, 0.5) is 0 Å². The van der Waals surface area contributed by atoms with Gasteiger partial charge in [-0.25, -0.2) is 0 Å². The third-order valence-electron chi connectivity index (χ3n) is 4.62. The summed E-state index contributed by atoms with van der Waals surface area (Å²) in [7, 11) is 6.23. The van der Waals surface area contributed by atoms with Crippen LogP contribution in [0.2, 0.25) is 0 Å². The molecule has 0 N–H and O–H groups in total. The van der Waals surface area contributed by atoms with Crippen molar-refractivity contribution in [3.8, 4) is 0 Å². The Morgan fingerprint density at radius 2 is 0.353 bits per heavy atom. The summed E-state index contributed by atoms with van der Waals surface area (Å²) >= 11 is -0.346. The molecule has 0 atom stereocenters. The summed E-state index contributed by atoms with van der Waals surface area (Å²) in [5, 5.41) is 0. The van der Waals surface area contributed by atoms with Crippen LogP contribution in [0.5, 0.6) is 0 Å². The molecule has 316 valence electrons. The first kappa shape index (κ1) is 59.8. The molecule has 9 nitrogen and oxygen atoms in total. The van der Waals surface area contributed by atoms with Gasteiger partial charge in [-0.3, -0.25) is 0 Å². The molecule has 0 rings (SSSR count). The van der Waals surface area contributed by atoms with E-state index in [0.29, 0.717) is 113 Å². The quantitative estimate of drug-likeness (QED) is 0.0591.